The molecule has 3 nitrogen and oxygen atoms in total. The van der Waals surface area contributed by atoms with Gasteiger partial charge in [0.05, 0.1) is 11.8 Å². The van der Waals surface area contributed by atoms with E-state index in [2.05, 4.69) is 18.9 Å². The van der Waals surface area contributed by atoms with Crippen LogP contribution < -0.4 is 0 Å². The van der Waals surface area contributed by atoms with E-state index in [0.29, 0.717) is 17.7 Å². The number of hydrogen-bond donors (Lipinski definition) is 1. The molecule has 96 valence electrons. The molecule has 17 heavy (non-hydrogen) atoms. The molecule has 2 unspecified atom stereocenters. The molecule has 1 saturated heterocycles. The van der Waals surface area contributed by atoms with E-state index >= 15 is 0 Å². The van der Waals surface area contributed by atoms with Crippen molar-refractivity contribution in [3.63, 3.8) is 0 Å². The Morgan fingerprint density at radius 3 is 2.94 bits per heavy atom. The topological polar surface area (TPSA) is 38.0 Å². The van der Waals surface area contributed by atoms with Crippen LogP contribution in [0.3, 0.4) is 0 Å². The molecule has 0 aromatic carbocycles. The summed E-state index contributed by atoms with van der Waals surface area (Å²) in [5.74, 6) is 1.20. The molecule has 0 saturated carbocycles. The van der Waals surface area contributed by atoms with Crippen molar-refractivity contribution in [2.45, 2.75) is 56.9 Å². The summed E-state index contributed by atoms with van der Waals surface area (Å²) in [6, 6.07) is 2.42. The Hall–Kier alpha value is -0.480. The zero-order valence-electron chi connectivity index (χ0n) is 10.7. The lowest BCUT2D eigenvalue weighted by Crippen LogP contribution is -2.28. The molecule has 0 radical (unpaired) electrons. The molecule has 1 aromatic heterocycles. The zero-order valence-corrected chi connectivity index (χ0v) is 11.5. The van der Waals surface area contributed by atoms with Crippen LogP contribution in [0.25, 0.3) is 0 Å². The molecule has 1 N–H and O–H groups in total. The van der Waals surface area contributed by atoms with E-state index in [1.54, 1.807) is 0 Å². The Morgan fingerprint density at radius 1 is 1.53 bits per heavy atom. The van der Waals surface area contributed by atoms with Crippen molar-refractivity contribution in [3.05, 3.63) is 18.0 Å². The Morgan fingerprint density at radius 2 is 2.35 bits per heavy atom. The molecular weight excluding hydrogens is 232 g/mol. The van der Waals surface area contributed by atoms with Gasteiger partial charge < -0.3 is 5.11 Å². The van der Waals surface area contributed by atoms with Crippen LogP contribution in [0, 0.1) is 0 Å². The summed E-state index contributed by atoms with van der Waals surface area (Å²) in [4.78, 5) is 0. The highest BCUT2D eigenvalue weighted by Gasteiger charge is 2.23. The average molecular weight is 254 g/mol. The van der Waals surface area contributed by atoms with Gasteiger partial charge >= 0.3 is 0 Å². The first kappa shape index (κ1) is 13.0. The Bertz CT molecular complexity index is 345. The zero-order chi connectivity index (χ0) is 12.3. The first-order valence-corrected chi connectivity index (χ1v) is 7.55. The van der Waals surface area contributed by atoms with Crippen LogP contribution in [-0.4, -0.2) is 32.0 Å². The van der Waals surface area contributed by atoms with Crippen molar-refractivity contribution < 1.29 is 5.11 Å². The largest absolute Gasteiger partial charge is 0.392 e. The molecule has 2 atom stereocenters. The standard InChI is InChI=1S/C13H22N2OS/c1-10(2)15-7-6-11(14-15)9-12(16)13-5-3-4-8-17-13/h6-7,10,12-13,16H,3-5,8-9H2,1-2H3. The minimum atomic E-state index is -0.240. The Kier molecular flexibility index (Phi) is 4.51. The first-order valence-electron chi connectivity index (χ1n) is 6.50. The van der Waals surface area contributed by atoms with Crippen LogP contribution >= 0.6 is 11.8 Å². The van der Waals surface area contributed by atoms with Crippen LogP contribution in [0.5, 0.6) is 0 Å². The van der Waals surface area contributed by atoms with Gasteiger partial charge in [0, 0.05) is 23.9 Å². The van der Waals surface area contributed by atoms with E-state index < -0.39 is 0 Å². The first-order chi connectivity index (χ1) is 8.16. The number of thioether (sulfide) groups is 1. The summed E-state index contributed by atoms with van der Waals surface area (Å²) in [5, 5.41) is 15.1. The molecule has 1 aromatic rings. The van der Waals surface area contributed by atoms with Gasteiger partial charge in [-0.05, 0) is 38.5 Å². The maximum absolute atomic E-state index is 10.2. The maximum atomic E-state index is 10.2. The van der Waals surface area contributed by atoms with Crippen molar-refractivity contribution >= 4 is 11.8 Å². The molecule has 1 aliphatic rings. The van der Waals surface area contributed by atoms with Gasteiger partial charge in [-0.2, -0.15) is 16.9 Å². The van der Waals surface area contributed by atoms with E-state index in [0.717, 1.165) is 12.1 Å². The SMILES string of the molecule is CC(C)n1ccc(CC(O)C2CCCCS2)n1. The van der Waals surface area contributed by atoms with Crippen LogP contribution in [0.1, 0.15) is 44.8 Å². The Labute approximate surface area is 108 Å². The van der Waals surface area contributed by atoms with E-state index in [1.165, 1.54) is 18.6 Å². The average Bonchev–Trinajstić information content (AvgIpc) is 2.79. The van der Waals surface area contributed by atoms with Crippen molar-refractivity contribution in [3.8, 4) is 0 Å². The molecule has 0 amide bonds. The van der Waals surface area contributed by atoms with Gasteiger partial charge in [-0.15, -0.1) is 0 Å². The summed E-state index contributed by atoms with van der Waals surface area (Å²) in [7, 11) is 0. The number of aliphatic hydroxyl groups is 1. The van der Waals surface area contributed by atoms with Gasteiger partial charge in [0.15, 0.2) is 0 Å². The third-order valence-corrected chi connectivity index (χ3v) is 4.76. The highest BCUT2D eigenvalue weighted by atomic mass is 32.2. The van der Waals surface area contributed by atoms with E-state index in [9.17, 15) is 5.11 Å². The van der Waals surface area contributed by atoms with Gasteiger partial charge in [-0.1, -0.05) is 6.42 Å². The molecule has 1 fully saturated rings. The number of aliphatic hydroxyl groups excluding tert-OH is 1. The normalized spacial score (nSPS) is 22.9. The van der Waals surface area contributed by atoms with Gasteiger partial charge in [-0.25, -0.2) is 0 Å². The highest BCUT2D eigenvalue weighted by Crippen LogP contribution is 2.28. The second kappa shape index (κ2) is 5.91. The third-order valence-electron chi connectivity index (χ3n) is 3.25. The molecule has 0 spiro atoms. The van der Waals surface area contributed by atoms with Gasteiger partial charge in [-0.3, -0.25) is 4.68 Å². The lowest BCUT2D eigenvalue weighted by atomic mass is 10.1. The number of hydrogen-bond acceptors (Lipinski definition) is 3. The predicted molar refractivity (Wildman–Crippen MR) is 72.4 cm³/mol. The Balaban J connectivity index is 1.90. The lowest BCUT2D eigenvalue weighted by Gasteiger charge is -2.25. The fourth-order valence-corrected chi connectivity index (χ4v) is 3.51. The highest BCUT2D eigenvalue weighted by molar-refractivity contribution is 8.00. The van der Waals surface area contributed by atoms with Gasteiger partial charge in [0.25, 0.3) is 0 Å². The lowest BCUT2D eigenvalue weighted by molar-refractivity contribution is 0.164. The van der Waals surface area contributed by atoms with E-state index in [4.69, 9.17) is 0 Å². The van der Waals surface area contributed by atoms with Gasteiger partial charge in [0.1, 0.15) is 0 Å². The summed E-state index contributed by atoms with van der Waals surface area (Å²) < 4.78 is 1.95. The van der Waals surface area contributed by atoms with Crippen LogP contribution in [0.4, 0.5) is 0 Å². The van der Waals surface area contributed by atoms with Crippen molar-refractivity contribution in [1.82, 2.24) is 9.78 Å². The van der Waals surface area contributed by atoms with Crippen LogP contribution in [0.2, 0.25) is 0 Å². The monoisotopic (exact) mass is 254 g/mol. The summed E-state index contributed by atoms with van der Waals surface area (Å²) >= 11 is 1.92. The second-order valence-corrected chi connectivity index (χ2v) is 6.40. The number of nitrogens with zero attached hydrogens (tertiary/aromatic N) is 2. The molecule has 4 heteroatoms. The quantitative estimate of drug-likeness (QED) is 0.897. The molecule has 2 rings (SSSR count). The maximum Gasteiger partial charge on any atom is 0.0714 e. The molecule has 1 aliphatic heterocycles. The van der Waals surface area contributed by atoms with Crippen molar-refractivity contribution in [2.24, 2.45) is 0 Å². The molecule has 2 heterocycles. The summed E-state index contributed by atoms with van der Waals surface area (Å²) in [6.45, 7) is 4.23. The predicted octanol–water partition coefficient (Wildman–Crippen LogP) is 2.65. The molecular formula is C13H22N2OS. The number of rotatable bonds is 4. The van der Waals surface area contributed by atoms with Crippen LogP contribution in [-0.2, 0) is 6.42 Å². The number of aromatic nitrogens is 2. The fourth-order valence-electron chi connectivity index (χ4n) is 2.19. The third kappa shape index (κ3) is 3.49. The second-order valence-electron chi connectivity index (χ2n) is 5.06. The smallest absolute Gasteiger partial charge is 0.0714 e. The summed E-state index contributed by atoms with van der Waals surface area (Å²) in [5.41, 5.74) is 1.01. The van der Waals surface area contributed by atoms with E-state index in [-0.39, 0.29) is 6.10 Å². The molecule has 0 bridgehead atoms. The van der Waals surface area contributed by atoms with Crippen molar-refractivity contribution in [2.75, 3.05) is 5.75 Å². The van der Waals surface area contributed by atoms with Gasteiger partial charge in [0.2, 0.25) is 0 Å². The minimum Gasteiger partial charge on any atom is -0.392 e. The fraction of sp³-hybridized carbons (Fsp3) is 0.769. The minimum absolute atomic E-state index is 0.240. The van der Waals surface area contributed by atoms with Crippen molar-refractivity contribution in [1.29, 1.82) is 0 Å². The van der Waals surface area contributed by atoms with E-state index in [1.807, 2.05) is 28.7 Å². The molecule has 0 aliphatic carbocycles. The summed E-state index contributed by atoms with van der Waals surface area (Å²) in [6.07, 6.45) is 6.16. The van der Waals surface area contributed by atoms with Crippen LogP contribution in [0.15, 0.2) is 12.3 Å².